The lowest BCUT2D eigenvalue weighted by Gasteiger charge is -2.29. The Bertz CT molecular complexity index is 460. The fourth-order valence-corrected chi connectivity index (χ4v) is 3.60. The summed E-state index contributed by atoms with van der Waals surface area (Å²) in [5.41, 5.74) is 6.73. The molecule has 0 spiro atoms. The van der Waals surface area contributed by atoms with E-state index in [0.717, 1.165) is 28.8 Å². The van der Waals surface area contributed by atoms with E-state index in [1.54, 1.807) is 7.11 Å². The number of nitrogen functional groups attached to an aromatic ring is 1. The lowest BCUT2D eigenvalue weighted by molar-refractivity contribution is -0.0292. The first kappa shape index (κ1) is 15.7. The Balaban J connectivity index is 2.49. The van der Waals surface area contributed by atoms with Gasteiger partial charge in [-0.3, -0.25) is 0 Å². The molecule has 1 saturated carbocycles. The van der Waals surface area contributed by atoms with Crippen molar-refractivity contribution in [1.29, 1.82) is 0 Å². The Hall–Kier alpha value is -0.680. The molecule has 20 heavy (non-hydrogen) atoms. The Morgan fingerprint density at radius 1 is 1.25 bits per heavy atom. The van der Waals surface area contributed by atoms with Crippen LogP contribution in [-0.2, 0) is 10.3 Å². The van der Waals surface area contributed by atoms with Gasteiger partial charge in [0.15, 0.2) is 5.82 Å². The smallest absolute Gasteiger partial charge is 0.162 e. The normalized spacial score (nSPS) is 16.8. The summed E-state index contributed by atoms with van der Waals surface area (Å²) >= 11 is 3.57. The SMILES string of the molecule is CCC(CC)(OC)c1nc(N)c(Br)c(C2CCCC2)n1. The van der Waals surface area contributed by atoms with Crippen molar-refractivity contribution < 1.29 is 4.74 Å². The number of rotatable bonds is 5. The fraction of sp³-hybridized carbons (Fsp3) is 0.733. The molecule has 1 aliphatic carbocycles. The molecule has 1 fully saturated rings. The van der Waals surface area contributed by atoms with Crippen LogP contribution in [-0.4, -0.2) is 17.1 Å². The van der Waals surface area contributed by atoms with Crippen molar-refractivity contribution in [1.82, 2.24) is 9.97 Å². The van der Waals surface area contributed by atoms with Gasteiger partial charge in [-0.15, -0.1) is 0 Å². The minimum Gasteiger partial charge on any atom is -0.383 e. The van der Waals surface area contributed by atoms with Crippen molar-refractivity contribution in [3.63, 3.8) is 0 Å². The third-order valence-electron chi connectivity index (χ3n) is 4.58. The maximum atomic E-state index is 6.10. The zero-order valence-electron chi connectivity index (χ0n) is 12.6. The second-order valence-corrected chi connectivity index (χ2v) is 6.31. The highest BCUT2D eigenvalue weighted by molar-refractivity contribution is 9.10. The lowest BCUT2D eigenvalue weighted by Crippen LogP contribution is -2.30. The number of hydrogen-bond acceptors (Lipinski definition) is 4. The average Bonchev–Trinajstić information content (AvgIpc) is 2.99. The van der Waals surface area contributed by atoms with E-state index in [4.69, 9.17) is 15.5 Å². The summed E-state index contributed by atoms with van der Waals surface area (Å²) in [6.45, 7) is 4.20. The summed E-state index contributed by atoms with van der Waals surface area (Å²) in [4.78, 5) is 9.32. The average molecular weight is 342 g/mol. The van der Waals surface area contributed by atoms with E-state index in [0.29, 0.717) is 11.7 Å². The third-order valence-corrected chi connectivity index (χ3v) is 5.40. The molecule has 0 bridgehead atoms. The molecule has 0 saturated heterocycles. The number of anilines is 1. The number of halogens is 1. The van der Waals surface area contributed by atoms with Crippen LogP contribution in [0.3, 0.4) is 0 Å². The molecule has 1 aliphatic rings. The molecule has 2 rings (SSSR count). The second-order valence-electron chi connectivity index (χ2n) is 5.52. The number of aromatic nitrogens is 2. The van der Waals surface area contributed by atoms with Crippen LogP contribution in [0.2, 0.25) is 0 Å². The van der Waals surface area contributed by atoms with E-state index < -0.39 is 5.60 Å². The van der Waals surface area contributed by atoms with Crippen molar-refractivity contribution >= 4 is 21.7 Å². The maximum absolute atomic E-state index is 6.10. The monoisotopic (exact) mass is 341 g/mol. The maximum Gasteiger partial charge on any atom is 0.162 e. The zero-order chi connectivity index (χ0) is 14.8. The van der Waals surface area contributed by atoms with Crippen molar-refractivity contribution in [2.24, 2.45) is 0 Å². The molecule has 4 nitrogen and oxygen atoms in total. The molecule has 0 unspecified atom stereocenters. The van der Waals surface area contributed by atoms with Crippen molar-refractivity contribution in [3.8, 4) is 0 Å². The minimum atomic E-state index is -0.428. The zero-order valence-corrected chi connectivity index (χ0v) is 14.2. The van der Waals surface area contributed by atoms with Gasteiger partial charge < -0.3 is 10.5 Å². The lowest BCUT2D eigenvalue weighted by atomic mass is 9.95. The van der Waals surface area contributed by atoms with E-state index in [1.807, 2.05) is 0 Å². The molecule has 2 N–H and O–H groups in total. The summed E-state index contributed by atoms with van der Waals surface area (Å²) in [6.07, 6.45) is 6.59. The van der Waals surface area contributed by atoms with Crippen molar-refractivity contribution in [2.45, 2.75) is 63.9 Å². The molecule has 1 aromatic heterocycles. The minimum absolute atomic E-state index is 0.428. The number of ether oxygens (including phenoxy) is 1. The molecule has 0 atom stereocenters. The Labute approximate surface area is 129 Å². The first-order valence-corrected chi connectivity index (χ1v) is 8.25. The largest absolute Gasteiger partial charge is 0.383 e. The number of nitrogens with zero attached hydrogens (tertiary/aromatic N) is 2. The van der Waals surface area contributed by atoms with Crippen LogP contribution in [0.4, 0.5) is 5.82 Å². The molecule has 1 heterocycles. The summed E-state index contributed by atoms with van der Waals surface area (Å²) in [5.74, 6) is 1.75. The van der Waals surface area contributed by atoms with Crippen LogP contribution in [0.15, 0.2) is 4.47 Å². The van der Waals surface area contributed by atoms with Crippen molar-refractivity contribution in [3.05, 3.63) is 16.0 Å². The van der Waals surface area contributed by atoms with Crippen LogP contribution >= 0.6 is 15.9 Å². The third kappa shape index (κ3) is 2.70. The van der Waals surface area contributed by atoms with Gasteiger partial charge in [0.1, 0.15) is 11.4 Å². The van der Waals surface area contributed by atoms with Gasteiger partial charge in [0.25, 0.3) is 0 Å². The van der Waals surface area contributed by atoms with Gasteiger partial charge in [-0.1, -0.05) is 26.7 Å². The number of nitrogens with two attached hydrogens (primary N) is 1. The van der Waals surface area contributed by atoms with E-state index in [9.17, 15) is 0 Å². The first-order valence-electron chi connectivity index (χ1n) is 7.46. The molecule has 1 aromatic rings. The van der Waals surface area contributed by atoms with E-state index in [1.165, 1.54) is 25.7 Å². The molecule has 0 aliphatic heterocycles. The quantitative estimate of drug-likeness (QED) is 0.874. The molecule has 5 heteroatoms. The molecular weight excluding hydrogens is 318 g/mol. The van der Waals surface area contributed by atoms with Crippen LogP contribution in [0, 0.1) is 0 Å². The van der Waals surface area contributed by atoms with Crippen LogP contribution < -0.4 is 5.73 Å². The van der Waals surface area contributed by atoms with E-state index in [2.05, 4.69) is 34.8 Å². The predicted molar refractivity (Wildman–Crippen MR) is 84.6 cm³/mol. The summed E-state index contributed by atoms with van der Waals surface area (Å²) in [5, 5.41) is 0. The molecule has 112 valence electrons. The Morgan fingerprint density at radius 2 is 1.85 bits per heavy atom. The van der Waals surface area contributed by atoms with Crippen LogP contribution in [0.25, 0.3) is 0 Å². The standard InChI is InChI=1S/C15H24BrN3O/c1-4-15(5-2,20-3)14-18-12(10-8-6-7-9-10)11(16)13(17)19-14/h10H,4-9H2,1-3H3,(H2,17,18,19). The Kier molecular flexibility index (Phi) is 5.02. The highest BCUT2D eigenvalue weighted by atomic mass is 79.9. The van der Waals surface area contributed by atoms with Crippen LogP contribution in [0.5, 0.6) is 0 Å². The molecule has 0 radical (unpaired) electrons. The van der Waals surface area contributed by atoms with E-state index in [-0.39, 0.29) is 0 Å². The molecule has 0 aromatic carbocycles. The number of hydrogen-bond donors (Lipinski definition) is 1. The van der Waals surface area contributed by atoms with Gasteiger partial charge in [-0.2, -0.15) is 0 Å². The summed E-state index contributed by atoms with van der Waals surface area (Å²) in [7, 11) is 1.73. The van der Waals surface area contributed by atoms with Gasteiger partial charge >= 0.3 is 0 Å². The van der Waals surface area contributed by atoms with Gasteiger partial charge in [0.2, 0.25) is 0 Å². The summed E-state index contributed by atoms with van der Waals surface area (Å²) < 4.78 is 6.61. The highest BCUT2D eigenvalue weighted by Gasteiger charge is 2.34. The predicted octanol–water partition coefficient (Wildman–Crippen LogP) is 4.14. The number of methoxy groups -OCH3 is 1. The molecule has 0 amide bonds. The van der Waals surface area contributed by atoms with Gasteiger partial charge in [-0.05, 0) is 41.6 Å². The fourth-order valence-electron chi connectivity index (χ4n) is 3.10. The highest BCUT2D eigenvalue weighted by Crippen LogP contribution is 2.40. The Morgan fingerprint density at radius 3 is 2.35 bits per heavy atom. The first-order chi connectivity index (χ1) is 9.57. The van der Waals surface area contributed by atoms with Crippen molar-refractivity contribution in [2.75, 3.05) is 12.8 Å². The second kappa shape index (κ2) is 6.39. The molecular formula is C15H24BrN3O. The van der Waals surface area contributed by atoms with Gasteiger partial charge in [0.05, 0.1) is 10.2 Å². The van der Waals surface area contributed by atoms with Gasteiger partial charge in [0, 0.05) is 13.0 Å². The van der Waals surface area contributed by atoms with E-state index >= 15 is 0 Å². The van der Waals surface area contributed by atoms with Crippen LogP contribution in [0.1, 0.15) is 69.8 Å². The summed E-state index contributed by atoms with van der Waals surface area (Å²) in [6, 6.07) is 0. The topological polar surface area (TPSA) is 61.0 Å². The van der Waals surface area contributed by atoms with Gasteiger partial charge in [-0.25, -0.2) is 9.97 Å².